The summed E-state index contributed by atoms with van der Waals surface area (Å²) >= 11 is 0. The monoisotopic (exact) mass is 450 g/mol. The van der Waals surface area contributed by atoms with E-state index in [0.717, 1.165) is 35.8 Å². The normalized spacial score (nSPS) is 13.5. The van der Waals surface area contributed by atoms with E-state index in [4.69, 9.17) is 4.74 Å². The first-order valence-electron chi connectivity index (χ1n) is 11.5. The number of ether oxygens (including phenoxy) is 1. The van der Waals surface area contributed by atoms with E-state index in [1.807, 2.05) is 77.7 Å². The fraction of sp³-hybridized carbons (Fsp3) is 0.179. The van der Waals surface area contributed by atoms with Crippen LogP contribution in [0.5, 0.6) is 11.6 Å². The van der Waals surface area contributed by atoms with Crippen LogP contribution in [0.15, 0.2) is 97.1 Å². The van der Waals surface area contributed by atoms with Gasteiger partial charge in [0, 0.05) is 32.2 Å². The molecule has 0 bridgehead atoms. The van der Waals surface area contributed by atoms with Gasteiger partial charge in [-0.2, -0.15) is 0 Å². The number of hydrogen-bond acceptors (Lipinski definition) is 5. The molecule has 1 amide bonds. The van der Waals surface area contributed by atoms with Gasteiger partial charge in [0.15, 0.2) is 5.82 Å². The van der Waals surface area contributed by atoms with Gasteiger partial charge in [0.1, 0.15) is 5.75 Å². The maximum Gasteiger partial charge on any atom is 0.238 e. The summed E-state index contributed by atoms with van der Waals surface area (Å²) in [6.45, 7) is 2.80. The van der Waals surface area contributed by atoms with Crippen molar-refractivity contribution in [1.82, 2.24) is 15.1 Å². The molecule has 5 rings (SSSR count). The van der Waals surface area contributed by atoms with Crippen molar-refractivity contribution in [2.75, 3.05) is 31.1 Å². The highest BCUT2D eigenvalue weighted by Crippen LogP contribution is 2.22. The predicted octanol–water partition coefficient (Wildman–Crippen LogP) is 4.83. The van der Waals surface area contributed by atoms with Crippen molar-refractivity contribution in [2.24, 2.45) is 0 Å². The van der Waals surface area contributed by atoms with Crippen molar-refractivity contribution in [1.29, 1.82) is 0 Å². The second kappa shape index (κ2) is 10.2. The Morgan fingerprint density at radius 1 is 0.706 bits per heavy atom. The first-order chi connectivity index (χ1) is 16.7. The maximum absolute atomic E-state index is 12.8. The van der Waals surface area contributed by atoms with Gasteiger partial charge in [-0.1, -0.05) is 72.8 Å². The van der Waals surface area contributed by atoms with E-state index in [-0.39, 0.29) is 5.91 Å². The van der Waals surface area contributed by atoms with Crippen molar-refractivity contribution in [2.45, 2.75) is 6.42 Å². The molecule has 0 radical (unpaired) electrons. The summed E-state index contributed by atoms with van der Waals surface area (Å²) in [5.41, 5.74) is 3.37. The van der Waals surface area contributed by atoms with Gasteiger partial charge < -0.3 is 14.5 Å². The van der Waals surface area contributed by atoms with Crippen LogP contribution >= 0.6 is 0 Å². The summed E-state index contributed by atoms with van der Waals surface area (Å²) in [7, 11) is 0. The molecule has 170 valence electrons. The molecule has 1 aliphatic rings. The van der Waals surface area contributed by atoms with E-state index >= 15 is 0 Å². The zero-order valence-corrected chi connectivity index (χ0v) is 18.9. The standard InChI is InChI=1S/C28H26N4O2/c33-28(21-22-11-13-24(14-12-22)23-7-3-1-4-8-23)32-19-17-31(18-20-32)26-15-16-27(30-29-26)34-25-9-5-2-6-10-25/h1-16H,17-21H2. The summed E-state index contributed by atoms with van der Waals surface area (Å²) in [5, 5.41) is 8.51. The molecule has 1 aliphatic heterocycles. The molecule has 3 aromatic carbocycles. The minimum atomic E-state index is 0.157. The fourth-order valence-corrected chi connectivity index (χ4v) is 4.06. The average Bonchev–Trinajstić information content (AvgIpc) is 2.91. The maximum atomic E-state index is 12.8. The zero-order valence-electron chi connectivity index (χ0n) is 18.9. The van der Waals surface area contributed by atoms with Crippen LogP contribution in [0.4, 0.5) is 5.82 Å². The van der Waals surface area contributed by atoms with Gasteiger partial charge in [0.2, 0.25) is 11.8 Å². The number of carbonyl (C=O) groups is 1. The number of aromatic nitrogens is 2. The lowest BCUT2D eigenvalue weighted by atomic mass is 10.0. The Morgan fingerprint density at radius 2 is 1.35 bits per heavy atom. The third-order valence-electron chi connectivity index (χ3n) is 5.96. The average molecular weight is 451 g/mol. The molecule has 0 spiro atoms. The Labute approximate surface area is 199 Å². The third-order valence-corrected chi connectivity index (χ3v) is 5.96. The van der Waals surface area contributed by atoms with Crippen LogP contribution in [-0.4, -0.2) is 47.2 Å². The molecule has 0 N–H and O–H groups in total. The van der Waals surface area contributed by atoms with Crippen LogP contribution in [0.1, 0.15) is 5.56 Å². The molecule has 0 atom stereocenters. The van der Waals surface area contributed by atoms with Gasteiger partial charge in [0.25, 0.3) is 0 Å². The number of anilines is 1. The fourth-order valence-electron chi connectivity index (χ4n) is 4.06. The SMILES string of the molecule is O=C(Cc1ccc(-c2ccccc2)cc1)N1CCN(c2ccc(Oc3ccccc3)nn2)CC1. The van der Waals surface area contributed by atoms with E-state index in [2.05, 4.69) is 39.4 Å². The number of piperazine rings is 1. The molecule has 0 aliphatic carbocycles. The number of rotatable bonds is 6. The van der Waals surface area contributed by atoms with Crippen molar-refractivity contribution < 1.29 is 9.53 Å². The molecule has 4 aromatic rings. The molecular formula is C28H26N4O2. The number of para-hydroxylation sites is 1. The van der Waals surface area contributed by atoms with Crippen molar-refractivity contribution >= 4 is 11.7 Å². The lowest BCUT2D eigenvalue weighted by Crippen LogP contribution is -2.49. The van der Waals surface area contributed by atoms with E-state index < -0.39 is 0 Å². The number of amides is 1. The topological polar surface area (TPSA) is 58.6 Å². The lowest BCUT2D eigenvalue weighted by molar-refractivity contribution is -0.130. The quantitative estimate of drug-likeness (QED) is 0.421. The first-order valence-corrected chi connectivity index (χ1v) is 11.5. The second-order valence-corrected chi connectivity index (χ2v) is 8.25. The Balaban J connectivity index is 1.12. The summed E-state index contributed by atoms with van der Waals surface area (Å²) in [4.78, 5) is 16.9. The number of nitrogens with zero attached hydrogens (tertiary/aromatic N) is 4. The van der Waals surface area contributed by atoms with Gasteiger partial charge in [-0.3, -0.25) is 4.79 Å². The summed E-state index contributed by atoms with van der Waals surface area (Å²) < 4.78 is 5.71. The van der Waals surface area contributed by atoms with Gasteiger partial charge in [0.05, 0.1) is 6.42 Å². The van der Waals surface area contributed by atoms with E-state index in [9.17, 15) is 4.79 Å². The van der Waals surface area contributed by atoms with E-state index in [1.165, 1.54) is 5.56 Å². The molecule has 2 heterocycles. The highest BCUT2D eigenvalue weighted by atomic mass is 16.5. The zero-order chi connectivity index (χ0) is 23.2. The number of carbonyl (C=O) groups excluding carboxylic acids is 1. The van der Waals surface area contributed by atoms with E-state index in [1.54, 1.807) is 0 Å². The minimum Gasteiger partial charge on any atom is -0.438 e. The first kappa shape index (κ1) is 21.6. The second-order valence-electron chi connectivity index (χ2n) is 8.25. The van der Waals surface area contributed by atoms with Gasteiger partial charge in [-0.25, -0.2) is 0 Å². The van der Waals surface area contributed by atoms with Crippen LogP contribution in [-0.2, 0) is 11.2 Å². The Morgan fingerprint density at radius 3 is 2.00 bits per heavy atom. The smallest absolute Gasteiger partial charge is 0.238 e. The highest BCUT2D eigenvalue weighted by Gasteiger charge is 2.22. The molecule has 6 nitrogen and oxygen atoms in total. The van der Waals surface area contributed by atoms with Crippen molar-refractivity contribution in [3.05, 3.63) is 103 Å². The number of hydrogen-bond donors (Lipinski definition) is 0. The Hall–Kier alpha value is -4.19. The van der Waals surface area contributed by atoms with Crippen molar-refractivity contribution in [3.63, 3.8) is 0 Å². The van der Waals surface area contributed by atoms with Crippen LogP contribution in [0.2, 0.25) is 0 Å². The number of benzene rings is 3. The van der Waals surface area contributed by atoms with Crippen LogP contribution in [0.3, 0.4) is 0 Å². The Bertz CT molecular complexity index is 1210. The Kier molecular flexibility index (Phi) is 6.47. The molecule has 0 saturated carbocycles. The molecule has 1 fully saturated rings. The summed E-state index contributed by atoms with van der Waals surface area (Å²) in [6, 6.07) is 31.8. The molecule has 34 heavy (non-hydrogen) atoms. The largest absolute Gasteiger partial charge is 0.438 e. The van der Waals surface area contributed by atoms with Gasteiger partial charge in [-0.05, 0) is 34.9 Å². The molecular weight excluding hydrogens is 424 g/mol. The third kappa shape index (κ3) is 5.23. The van der Waals surface area contributed by atoms with Crippen LogP contribution in [0, 0.1) is 0 Å². The van der Waals surface area contributed by atoms with Gasteiger partial charge >= 0.3 is 0 Å². The highest BCUT2D eigenvalue weighted by molar-refractivity contribution is 5.79. The molecule has 1 aromatic heterocycles. The van der Waals surface area contributed by atoms with Crippen molar-refractivity contribution in [3.8, 4) is 22.8 Å². The van der Waals surface area contributed by atoms with Crippen LogP contribution < -0.4 is 9.64 Å². The molecule has 1 saturated heterocycles. The molecule has 6 heteroatoms. The lowest BCUT2D eigenvalue weighted by Gasteiger charge is -2.35. The predicted molar refractivity (Wildman–Crippen MR) is 133 cm³/mol. The minimum absolute atomic E-state index is 0.157. The summed E-state index contributed by atoms with van der Waals surface area (Å²) in [5.74, 6) is 2.14. The van der Waals surface area contributed by atoms with Gasteiger partial charge in [-0.15, -0.1) is 10.2 Å². The van der Waals surface area contributed by atoms with Crippen LogP contribution in [0.25, 0.3) is 11.1 Å². The van der Waals surface area contributed by atoms with E-state index in [0.29, 0.717) is 25.4 Å². The summed E-state index contributed by atoms with van der Waals surface area (Å²) in [6.07, 6.45) is 0.417. The molecule has 0 unspecified atom stereocenters.